The predicted octanol–water partition coefficient (Wildman–Crippen LogP) is 4.24. The molecule has 0 aliphatic heterocycles. The predicted molar refractivity (Wildman–Crippen MR) is 75.5 cm³/mol. The molecule has 1 rings (SSSR count). The first kappa shape index (κ1) is 14.4. The van der Waals surface area contributed by atoms with Crippen LogP contribution in [-0.4, -0.2) is 13.1 Å². The first-order chi connectivity index (χ1) is 8.04. The molecule has 0 aromatic heterocycles. The van der Waals surface area contributed by atoms with Gasteiger partial charge in [-0.2, -0.15) is 0 Å². The highest BCUT2D eigenvalue weighted by Crippen LogP contribution is 2.20. The van der Waals surface area contributed by atoms with Gasteiger partial charge in [0.15, 0.2) is 0 Å². The van der Waals surface area contributed by atoms with E-state index in [9.17, 15) is 4.39 Å². The summed E-state index contributed by atoms with van der Waals surface area (Å²) < 4.78 is 14.5. The molecule has 0 radical (unpaired) electrons. The third-order valence-corrected chi connectivity index (χ3v) is 3.12. The summed E-state index contributed by atoms with van der Waals surface area (Å²) in [4.78, 5) is 0. The molecule has 1 aromatic carbocycles. The molecule has 0 aliphatic carbocycles. The van der Waals surface area contributed by atoms with Crippen LogP contribution in [0.25, 0.3) is 6.08 Å². The van der Waals surface area contributed by atoms with E-state index in [1.54, 1.807) is 6.07 Å². The quantitative estimate of drug-likeness (QED) is 0.857. The number of halogens is 2. The van der Waals surface area contributed by atoms with Gasteiger partial charge >= 0.3 is 0 Å². The standard InChI is InChI=1S/C14H19BrFN/c1-4-17-9-12(10(2)3)7-11-5-6-13(15)8-14(11)16/h5-8,10,17H,4,9H2,1-3H3. The lowest BCUT2D eigenvalue weighted by Gasteiger charge is -2.12. The first-order valence-corrected chi connectivity index (χ1v) is 6.70. The largest absolute Gasteiger partial charge is 0.313 e. The Kier molecular flexibility index (Phi) is 5.86. The van der Waals surface area contributed by atoms with Crippen LogP contribution in [0.2, 0.25) is 0 Å². The molecule has 0 spiro atoms. The molecular weight excluding hydrogens is 281 g/mol. The summed E-state index contributed by atoms with van der Waals surface area (Å²) >= 11 is 3.26. The summed E-state index contributed by atoms with van der Waals surface area (Å²) in [7, 11) is 0. The second-order valence-electron chi connectivity index (χ2n) is 4.32. The van der Waals surface area contributed by atoms with E-state index in [0.29, 0.717) is 11.5 Å². The van der Waals surface area contributed by atoms with Crippen LogP contribution in [0.15, 0.2) is 28.2 Å². The van der Waals surface area contributed by atoms with Crippen LogP contribution >= 0.6 is 15.9 Å². The molecule has 0 bridgehead atoms. The SMILES string of the molecule is CCNCC(=Cc1ccc(Br)cc1F)C(C)C. The lowest BCUT2D eigenvalue weighted by atomic mass is 10.00. The molecule has 17 heavy (non-hydrogen) atoms. The van der Waals surface area contributed by atoms with Gasteiger partial charge < -0.3 is 5.32 Å². The molecule has 0 fully saturated rings. The molecule has 1 nitrogen and oxygen atoms in total. The zero-order valence-electron chi connectivity index (χ0n) is 10.6. The van der Waals surface area contributed by atoms with E-state index < -0.39 is 0 Å². The van der Waals surface area contributed by atoms with Gasteiger partial charge in [-0.25, -0.2) is 4.39 Å². The molecule has 0 saturated heterocycles. The summed E-state index contributed by atoms with van der Waals surface area (Å²) in [6.45, 7) is 8.05. The maximum absolute atomic E-state index is 13.7. The lowest BCUT2D eigenvalue weighted by molar-refractivity contribution is 0.623. The molecule has 3 heteroatoms. The van der Waals surface area contributed by atoms with E-state index in [1.165, 1.54) is 11.6 Å². The van der Waals surface area contributed by atoms with Crippen molar-refractivity contribution in [3.63, 3.8) is 0 Å². The van der Waals surface area contributed by atoms with Crippen LogP contribution in [0.1, 0.15) is 26.3 Å². The van der Waals surface area contributed by atoms with E-state index in [1.807, 2.05) is 12.1 Å². The summed E-state index contributed by atoms with van der Waals surface area (Å²) in [6, 6.07) is 5.16. The number of hydrogen-bond donors (Lipinski definition) is 1. The highest BCUT2D eigenvalue weighted by Gasteiger charge is 2.06. The van der Waals surface area contributed by atoms with Crippen LogP contribution < -0.4 is 5.32 Å². The fraction of sp³-hybridized carbons (Fsp3) is 0.429. The van der Waals surface area contributed by atoms with Crippen molar-refractivity contribution in [2.45, 2.75) is 20.8 Å². The van der Waals surface area contributed by atoms with Crippen molar-refractivity contribution < 1.29 is 4.39 Å². The Morgan fingerprint density at radius 3 is 2.71 bits per heavy atom. The van der Waals surface area contributed by atoms with E-state index in [2.05, 4.69) is 42.0 Å². The highest BCUT2D eigenvalue weighted by molar-refractivity contribution is 9.10. The molecule has 94 valence electrons. The van der Waals surface area contributed by atoms with Gasteiger partial charge in [0.1, 0.15) is 5.82 Å². The molecule has 0 atom stereocenters. The fourth-order valence-electron chi connectivity index (χ4n) is 1.51. The van der Waals surface area contributed by atoms with Gasteiger partial charge in [-0.15, -0.1) is 0 Å². The minimum absolute atomic E-state index is 0.186. The van der Waals surface area contributed by atoms with Crippen molar-refractivity contribution in [2.75, 3.05) is 13.1 Å². The smallest absolute Gasteiger partial charge is 0.131 e. The number of hydrogen-bond acceptors (Lipinski definition) is 1. The van der Waals surface area contributed by atoms with Crippen molar-refractivity contribution in [1.29, 1.82) is 0 Å². The highest BCUT2D eigenvalue weighted by atomic mass is 79.9. The fourth-order valence-corrected chi connectivity index (χ4v) is 1.84. The monoisotopic (exact) mass is 299 g/mol. The summed E-state index contributed by atoms with van der Waals surface area (Å²) in [5.41, 5.74) is 1.86. The van der Waals surface area contributed by atoms with Crippen LogP contribution in [0.4, 0.5) is 4.39 Å². The number of nitrogens with one attached hydrogen (secondary N) is 1. The van der Waals surface area contributed by atoms with Crippen LogP contribution in [-0.2, 0) is 0 Å². The Balaban J connectivity index is 2.95. The summed E-state index contributed by atoms with van der Waals surface area (Å²) in [6.07, 6.45) is 1.94. The van der Waals surface area contributed by atoms with Crippen molar-refractivity contribution in [3.8, 4) is 0 Å². The Morgan fingerprint density at radius 1 is 1.47 bits per heavy atom. The van der Waals surface area contributed by atoms with E-state index >= 15 is 0 Å². The van der Waals surface area contributed by atoms with Crippen molar-refractivity contribution in [2.24, 2.45) is 5.92 Å². The van der Waals surface area contributed by atoms with E-state index in [4.69, 9.17) is 0 Å². The topological polar surface area (TPSA) is 12.0 Å². The average molecular weight is 300 g/mol. The van der Waals surface area contributed by atoms with E-state index in [-0.39, 0.29) is 5.82 Å². The molecule has 0 unspecified atom stereocenters. The Labute approximate surface area is 111 Å². The molecule has 0 heterocycles. The zero-order chi connectivity index (χ0) is 12.8. The summed E-state index contributed by atoms with van der Waals surface area (Å²) in [5.74, 6) is 0.228. The van der Waals surface area contributed by atoms with Gasteiger partial charge in [-0.1, -0.05) is 54.4 Å². The van der Waals surface area contributed by atoms with Gasteiger partial charge in [0, 0.05) is 16.6 Å². The van der Waals surface area contributed by atoms with Crippen LogP contribution in [0.3, 0.4) is 0 Å². The van der Waals surface area contributed by atoms with Crippen molar-refractivity contribution in [1.82, 2.24) is 5.32 Å². The Bertz CT molecular complexity index is 399. The van der Waals surface area contributed by atoms with Crippen molar-refractivity contribution in [3.05, 3.63) is 39.6 Å². The molecule has 0 aliphatic rings. The normalized spacial score (nSPS) is 12.2. The van der Waals surface area contributed by atoms with Crippen LogP contribution in [0.5, 0.6) is 0 Å². The second-order valence-corrected chi connectivity index (χ2v) is 5.24. The Hall–Kier alpha value is -0.670. The van der Waals surface area contributed by atoms with Gasteiger partial charge in [-0.05, 0) is 24.6 Å². The Morgan fingerprint density at radius 2 is 2.18 bits per heavy atom. The lowest BCUT2D eigenvalue weighted by Crippen LogP contribution is -2.18. The third kappa shape index (κ3) is 4.60. The second kappa shape index (κ2) is 6.92. The molecule has 1 aromatic rings. The van der Waals surface area contributed by atoms with E-state index in [0.717, 1.165) is 17.6 Å². The third-order valence-electron chi connectivity index (χ3n) is 2.62. The van der Waals surface area contributed by atoms with Gasteiger partial charge in [0.2, 0.25) is 0 Å². The minimum Gasteiger partial charge on any atom is -0.313 e. The first-order valence-electron chi connectivity index (χ1n) is 5.90. The molecule has 1 N–H and O–H groups in total. The number of benzene rings is 1. The van der Waals surface area contributed by atoms with Gasteiger partial charge in [-0.3, -0.25) is 0 Å². The maximum Gasteiger partial charge on any atom is 0.131 e. The molecular formula is C14H19BrFN. The molecule has 0 amide bonds. The number of rotatable bonds is 5. The number of likely N-dealkylation sites (N-methyl/N-ethyl adjacent to an activating group) is 1. The van der Waals surface area contributed by atoms with Gasteiger partial charge in [0.25, 0.3) is 0 Å². The summed E-state index contributed by atoms with van der Waals surface area (Å²) in [5, 5.41) is 3.28. The van der Waals surface area contributed by atoms with Gasteiger partial charge in [0.05, 0.1) is 0 Å². The minimum atomic E-state index is -0.186. The zero-order valence-corrected chi connectivity index (χ0v) is 12.1. The van der Waals surface area contributed by atoms with Crippen molar-refractivity contribution >= 4 is 22.0 Å². The molecule has 0 saturated carbocycles. The van der Waals surface area contributed by atoms with Crippen LogP contribution in [0, 0.1) is 11.7 Å². The average Bonchev–Trinajstić information content (AvgIpc) is 2.26. The maximum atomic E-state index is 13.7.